The Balaban J connectivity index is 1.97. The lowest BCUT2D eigenvalue weighted by molar-refractivity contribution is -0.00922. The summed E-state index contributed by atoms with van der Waals surface area (Å²) in [6.45, 7) is 11.8. The molecule has 34 heavy (non-hydrogen) atoms. The molecule has 1 aliphatic rings. The van der Waals surface area contributed by atoms with E-state index >= 15 is 0 Å². The molecule has 2 aromatic rings. The fourth-order valence-corrected chi connectivity index (χ4v) is 4.69. The van der Waals surface area contributed by atoms with Crippen molar-refractivity contribution in [3.63, 3.8) is 0 Å². The van der Waals surface area contributed by atoms with Gasteiger partial charge in [-0.3, -0.25) is 14.4 Å². The van der Waals surface area contributed by atoms with E-state index in [0.717, 1.165) is 29.6 Å². The lowest BCUT2D eigenvalue weighted by Gasteiger charge is -2.40. The number of imidazole rings is 1. The topological polar surface area (TPSA) is 109 Å². The van der Waals surface area contributed by atoms with Gasteiger partial charge in [-0.1, -0.05) is 13.8 Å². The molecule has 2 heterocycles. The van der Waals surface area contributed by atoms with Crippen LogP contribution in [0.4, 0.5) is 5.69 Å². The first-order chi connectivity index (χ1) is 15.8. The summed E-state index contributed by atoms with van der Waals surface area (Å²) >= 11 is 0. The molecule has 190 valence electrons. The molecule has 0 saturated carbocycles. The van der Waals surface area contributed by atoms with Gasteiger partial charge in [0.15, 0.2) is 0 Å². The van der Waals surface area contributed by atoms with Crippen LogP contribution in [-0.4, -0.2) is 85.6 Å². The van der Waals surface area contributed by atoms with Crippen molar-refractivity contribution >= 4 is 32.8 Å². The minimum atomic E-state index is -3.74. The SMILES string of the molecule is CC(C)Cc1nc2cc(NS(=O)(=O)N(C)C)cc(C(=O)NCC(C)(C)N3CCOCC3)c2n1C. The van der Waals surface area contributed by atoms with E-state index in [0.29, 0.717) is 48.0 Å². The summed E-state index contributed by atoms with van der Waals surface area (Å²) in [4.78, 5) is 20.5. The number of carbonyl (C=O) groups excluding carboxylic acids is 1. The van der Waals surface area contributed by atoms with Gasteiger partial charge in [0, 0.05) is 52.7 Å². The molecule has 0 bridgehead atoms. The number of carbonyl (C=O) groups is 1. The predicted octanol–water partition coefficient (Wildman–Crippen LogP) is 1.83. The van der Waals surface area contributed by atoms with E-state index < -0.39 is 10.2 Å². The maximum absolute atomic E-state index is 13.4. The van der Waals surface area contributed by atoms with Gasteiger partial charge < -0.3 is 14.6 Å². The molecular weight excluding hydrogens is 456 g/mol. The van der Waals surface area contributed by atoms with Gasteiger partial charge in [-0.05, 0) is 31.9 Å². The molecule has 11 heteroatoms. The Hall–Kier alpha value is -2.21. The smallest absolute Gasteiger partial charge is 0.301 e. The van der Waals surface area contributed by atoms with E-state index in [4.69, 9.17) is 9.72 Å². The highest BCUT2D eigenvalue weighted by molar-refractivity contribution is 7.90. The average Bonchev–Trinajstić information content (AvgIpc) is 3.06. The van der Waals surface area contributed by atoms with Gasteiger partial charge in [-0.25, -0.2) is 4.98 Å². The van der Waals surface area contributed by atoms with E-state index in [9.17, 15) is 13.2 Å². The number of fused-ring (bicyclic) bond motifs is 1. The number of hydrogen-bond acceptors (Lipinski definition) is 6. The van der Waals surface area contributed by atoms with E-state index in [1.54, 1.807) is 12.1 Å². The standard InChI is InChI=1S/C23H38N6O4S/c1-16(2)12-20-25-19-14-17(26-34(31,32)27(5)6)13-18(21(19)28(20)7)22(30)24-15-23(3,4)29-8-10-33-11-9-29/h13-14,16,26H,8-12,15H2,1-7H3,(H,24,30). The Morgan fingerprint density at radius 2 is 1.88 bits per heavy atom. The molecule has 0 spiro atoms. The summed E-state index contributed by atoms with van der Waals surface area (Å²) < 4.78 is 35.9. The van der Waals surface area contributed by atoms with E-state index in [1.807, 2.05) is 11.6 Å². The van der Waals surface area contributed by atoms with Crippen LogP contribution < -0.4 is 10.0 Å². The summed E-state index contributed by atoms with van der Waals surface area (Å²) in [5, 5.41) is 3.07. The molecule has 1 saturated heterocycles. The molecule has 1 aromatic carbocycles. The van der Waals surface area contributed by atoms with Crippen LogP contribution in [0.5, 0.6) is 0 Å². The molecule has 1 aliphatic heterocycles. The first-order valence-corrected chi connectivity index (χ1v) is 13.1. The number of aromatic nitrogens is 2. The van der Waals surface area contributed by atoms with Crippen molar-refractivity contribution in [3.8, 4) is 0 Å². The second kappa shape index (κ2) is 10.2. The molecular formula is C23H38N6O4S. The highest BCUT2D eigenvalue weighted by Crippen LogP contribution is 2.27. The number of nitrogens with one attached hydrogen (secondary N) is 2. The lowest BCUT2D eigenvalue weighted by atomic mass is 10.0. The summed E-state index contributed by atoms with van der Waals surface area (Å²) in [5.41, 5.74) is 1.70. The summed E-state index contributed by atoms with van der Waals surface area (Å²) in [5.74, 6) is 0.963. The maximum atomic E-state index is 13.4. The Morgan fingerprint density at radius 1 is 1.24 bits per heavy atom. The molecule has 0 radical (unpaired) electrons. The zero-order valence-electron chi connectivity index (χ0n) is 21.3. The van der Waals surface area contributed by atoms with Crippen LogP contribution in [0.1, 0.15) is 43.9 Å². The highest BCUT2D eigenvalue weighted by atomic mass is 32.2. The van der Waals surface area contributed by atoms with Crippen LogP contribution in [0.2, 0.25) is 0 Å². The van der Waals surface area contributed by atoms with Gasteiger partial charge in [0.05, 0.1) is 35.5 Å². The van der Waals surface area contributed by atoms with Crippen LogP contribution >= 0.6 is 0 Å². The number of rotatable bonds is 9. The van der Waals surface area contributed by atoms with Crippen LogP contribution in [0.15, 0.2) is 12.1 Å². The van der Waals surface area contributed by atoms with Gasteiger partial charge in [0.2, 0.25) is 0 Å². The quantitative estimate of drug-likeness (QED) is 0.551. The zero-order valence-corrected chi connectivity index (χ0v) is 22.1. The molecule has 0 unspecified atom stereocenters. The molecule has 1 fully saturated rings. The second-order valence-electron chi connectivity index (χ2n) is 10.1. The third-order valence-corrected chi connectivity index (χ3v) is 7.63. The summed E-state index contributed by atoms with van der Waals surface area (Å²) in [6.07, 6.45) is 0.745. The minimum Gasteiger partial charge on any atom is -0.379 e. The third-order valence-electron chi connectivity index (χ3n) is 6.17. The summed E-state index contributed by atoms with van der Waals surface area (Å²) in [7, 11) is 1.05. The number of aryl methyl sites for hydroxylation is 1. The Kier molecular flexibility index (Phi) is 7.91. The predicted molar refractivity (Wildman–Crippen MR) is 134 cm³/mol. The van der Waals surface area contributed by atoms with Crippen molar-refractivity contribution < 1.29 is 17.9 Å². The third kappa shape index (κ3) is 5.88. The van der Waals surface area contributed by atoms with Crippen molar-refractivity contribution in [2.24, 2.45) is 13.0 Å². The average molecular weight is 495 g/mol. The maximum Gasteiger partial charge on any atom is 0.301 e. The summed E-state index contributed by atoms with van der Waals surface area (Å²) in [6, 6.07) is 3.26. The van der Waals surface area contributed by atoms with Crippen molar-refractivity contribution in [3.05, 3.63) is 23.5 Å². The molecule has 10 nitrogen and oxygen atoms in total. The monoisotopic (exact) mass is 494 g/mol. The van der Waals surface area contributed by atoms with Crippen LogP contribution in [-0.2, 0) is 28.4 Å². The number of morpholine rings is 1. The molecule has 3 rings (SSSR count). The van der Waals surface area contributed by atoms with E-state index in [1.165, 1.54) is 14.1 Å². The van der Waals surface area contributed by atoms with Crippen molar-refractivity contribution in [1.82, 2.24) is 24.1 Å². The minimum absolute atomic E-state index is 0.252. The first-order valence-electron chi connectivity index (χ1n) is 11.6. The Labute approximate surface area is 202 Å². The van der Waals surface area contributed by atoms with Gasteiger partial charge in [0.25, 0.3) is 5.91 Å². The second-order valence-corrected chi connectivity index (χ2v) is 11.9. The van der Waals surface area contributed by atoms with Gasteiger partial charge in [0.1, 0.15) is 5.82 Å². The van der Waals surface area contributed by atoms with Gasteiger partial charge in [-0.15, -0.1) is 0 Å². The van der Waals surface area contributed by atoms with Crippen molar-refractivity contribution in [2.45, 2.75) is 39.7 Å². The van der Waals surface area contributed by atoms with Crippen LogP contribution in [0.25, 0.3) is 11.0 Å². The fourth-order valence-electron chi connectivity index (χ4n) is 4.09. The normalized spacial score (nSPS) is 15.9. The number of nitrogens with zero attached hydrogens (tertiary/aromatic N) is 4. The molecule has 1 aromatic heterocycles. The molecule has 0 aliphatic carbocycles. The van der Waals surface area contributed by atoms with Gasteiger partial charge >= 0.3 is 10.2 Å². The van der Waals surface area contributed by atoms with Crippen LogP contribution in [0.3, 0.4) is 0 Å². The number of benzene rings is 1. The Morgan fingerprint density at radius 3 is 2.47 bits per heavy atom. The highest BCUT2D eigenvalue weighted by Gasteiger charge is 2.29. The lowest BCUT2D eigenvalue weighted by Crippen LogP contribution is -2.55. The largest absolute Gasteiger partial charge is 0.379 e. The molecule has 2 N–H and O–H groups in total. The molecule has 0 atom stereocenters. The molecule has 1 amide bonds. The Bertz CT molecular complexity index is 1130. The number of anilines is 1. The van der Waals surface area contributed by atoms with Crippen LogP contribution in [0, 0.1) is 5.92 Å². The first kappa shape index (κ1) is 26.4. The van der Waals surface area contributed by atoms with Crippen molar-refractivity contribution in [1.29, 1.82) is 0 Å². The zero-order chi connectivity index (χ0) is 25.3. The number of ether oxygens (including phenoxy) is 1. The fraction of sp³-hybridized carbons (Fsp3) is 0.652. The number of hydrogen-bond donors (Lipinski definition) is 2. The van der Waals surface area contributed by atoms with E-state index in [2.05, 4.69) is 42.6 Å². The van der Waals surface area contributed by atoms with Crippen molar-refractivity contribution in [2.75, 3.05) is 51.7 Å². The van der Waals surface area contributed by atoms with Gasteiger partial charge in [-0.2, -0.15) is 12.7 Å². The van der Waals surface area contributed by atoms with E-state index in [-0.39, 0.29) is 11.4 Å². The number of amides is 1.